The lowest BCUT2D eigenvalue weighted by atomic mass is 10.3. The Hall–Kier alpha value is -1.04. The highest BCUT2D eigenvalue weighted by atomic mass is 32.2. The smallest absolute Gasteiger partial charge is 0.180 e. The number of hydrogen-bond acceptors (Lipinski definition) is 4. The molecule has 17 heavy (non-hydrogen) atoms. The molecule has 0 amide bonds. The lowest BCUT2D eigenvalue weighted by Crippen LogP contribution is -2.43. The van der Waals surface area contributed by atoms with Crippen LogP contribution < -0.4 is 5.43 Å². The van der Waals surface area contributed by atoms with Gasteiger partial charge in [0.1, 0.15) is 0 Å². The summed E-state index contributed by atoms with van der Waals surface area (Å²) in [5, 5.41) is 11.8. The quantitative estimate of drug-likeness (QED) is 0.862. The highest BCUT2D eigenvalue weighted by Crippen LogP contribution is 2.32. The number of aliphatic hydroxyl groups is 1. The first kappa shape index (κ1) is 12.4. The molecule has 1 aromatic rings. The predicted molar refractivity (Wildman–Crippen MR) is 72.1 cm³/mol. The van der Waals surface area contributed by atoms with Crippen molar-refractivity contribution < 1.29 is 5.11 Å². The molecule has 0 saturated carbocycles. The third kappa shape index (κ3) is 3.21. The summed E-state index contributed by atoms with van der Waals surface area (Å²) in [6, 6.07) is 9.84. The van der Waals surface area contributed by atoms with Gasteiger partial charge in [-0.2, -0.15) is 0 Å². The molecule has 1 aliphatic heterocycles. The maximum atomic E-state index is 9.03. The van der Waals surface area contributed by atoms with Gasteiger partial charge in [0.2, 0.25) is 0 Å². The first-order chi connectivity index (χ1) is 8.11. The number of β-amino-alcohol motifs (C(OH)–C–C–N with tert-alkyl or cyclic N) is 1. The summed E-state index contributed by atoms with van der Waals surface area (Å²) < 4.78 is 0. The zero-order valence-electron chi connectivity index (χ0n) is 10.1. The molecule has 0 radical (unpaired) electrons. The van der Waals surface area contributed by atoms with Crippen molar-refractivity contribution in [3.8, 4) is 0 Å². The second-order valence-corrected chi connectivity index (χ2v) is 5.92. The number of benzene rings is 1. The second kappa shape index (κ2) is 5.08. The van der Waals surface area contributed by atoms with Gasteiger partial charge in [0.15, 0.2) is 5.17 Å². The second-order valence-electron chi connectivity index (χ2n) is 4.33. The Bertz CT molecular complexity index is 405. The van der Waals surface area contributed by atoms with Crippen LogP contribution in [0.4, 0.5) is 5.69 Å². The van der Waals surface area contributed by atoms with Crippen LogP contribution in [-0.2, 0) is 0 Å². The van der Waals surface area contributed by atoms with E-state index in [1.165, 1.54) is 0 Å². The fourth-order valence-corrected chi connectivity index (χ4v) is 2.64. The number of nitrogens with zero attached hydrogens (tertiary/aromatic N) is 2. The number of aliphatic hydroxyl groups excluding tert-OH is 1. The molecule has 1 aromatic carbocycles. The van der Waals surface area contributed by atoms with Gasteiger partial charge >= 0.3 is 0 Å². The van der Waals surface area contributed by atoms with Gasteiger partial charge in [-0.25, -0.2) is 10.4 Å². The molecule has 2 rings (SSSR count). The molecule has 0 aromatic heterocycles. The van der Waals surface area contributed by atoms with E-state index in [1.807, 2.05) is 35.3 Å². The molecular formula is C12H17N3OS. The van der Waals surface area contributed by atoms with Crippen LogP contribution in [0.1, 0.15) is 13.8 Å². The Morgan fingerprint density at radius 2 is 2.06 bits per heavy atom. The van der Waals surface area contributed by atoms with Gasteiger partial charge in [0, 0.05) is 0 Å². The van der Waals surface area contributed by atoms with Gasteiger partial charge in [-0.15, -0.1) is 0 Å². The van der Waals surface area contributed by atoms with Crippen molar-refractivity contribution in [1.29, 1.82) is 0 Å². The first-order valence-electron chi connectivity index (χ1n) is 5.60. The first-order valence-corrected chi connectivity index (χ1v) is 6.41. The van der Waals surface area contributed by atoms with Crippen molar-refractivity contribution in [3.05, 3.63) is 30.3 Å². The normalized spacial score (nSPS) is 21.1. The summed E-state index contributed by atoms with van der Waals surface area (Å²) in [6.07, 6.45) is 0. The number of aliphatic imine (C=N–C) groups is 1. The average molecular weight is 251 g/mol. The molecule has 1 fully saturated rings. The maximum absolute atomic E-state index is 9.03. The number of hydrogen-bond donors (Lipinski definition) is 2. The van der Waals surface area contributed by atoms with Crippen molar-refractivity contribution in [1.82, 2.24) is 10.4 Å². The Kier molecular flexibility index (Phi) is 3.71. The Morgan fingerprint density at radius 3 is 2.71 bits per heavy atom. The fraction of sp³-hybridized carbons (Fsp3) is 0.417. The summed E-state index contributed by atoms with van der Waals surface area (Å²) in [7, 11) is 0. The molecule has 0 atom stereocenters. The zero-order chi connectivity index (χ0) is 12.3. The van der Waals surface area contributed by atoms with Crippen LogP contribution in [-0.4, -0.2) is 33.3 Å². The van der Waals surface area contributed by atoms with Crippen molar-refractivity contribution in [2.45, 2.75) is 18.7 Å². The van der Waals surface area contributed by atoms with Crippen molar-refractivity contribution >= 4 is 22.6 Å². The third-order valence-corrected chi connectivity index (χ3v) is 3.38. The van der Waals surface area contributed by atoms with E-state index in [4.69, 9.17) is 5.11 Å². The minimum Gasteiger partial charge on any atom is -0.394 e. The van der Waals surface area contributed by atoms with Crippen LogP contribution in [0.25, 0.3) is 0 Å². The number of thioether (sulfide) groups is 1. The Labute approximate surface area is 106 Å². The number of nitrogens with one attached hydrogen (secondary N) is 1. The number of rotatable bonds is 3. The largest absolute Gasteiger partial charge is 0.394 e. The van der Waals surface area contributed by atoms with E-state index in [2.05, 4.69) is 24.3 Å². The van der Waals surface area contributed by atoms with Crippen LogP contribution in [0.2, 0.25) is 0 Å². The van der Waals surface area contributed by atoms with Gasteiger partial charge in [-0.3, -0.25) is 5.01 Å². The van der Waals surface area contributed by atoms with E-state index in [1.54, 1.807) is 11.8 Å². The van der Waals surface area contributed by atoms with E-state index in [-0.39, 0.29) is 11.5 Å². The molecule has 92 valence electrons. The third-order valence-electron chi connectivity index (χ3n) is 2.29. The molecule has 1 aliphatic rings. The molecular weight excluding hydrogens is 234 g/mol. The lowest BCUT2D eigenvalue weighted by Gasteiger charge is -2.20. The van der Waals surface area contributed by atoms with Crippen molar-refractivity contribution in [2.75, 3.05) is 13.2 Å². The summed E-state index contributed by atoms with van der Waals surface area (Å²) >= 11 is 1.66. The minimum atomic E-state index is -0.0806. The van der Waals surface area contributed by atoms with Gasteiger partial charge in [0.05, 0.1) is 23.7 Å². The molecule has 1 heterocycles. The maximum Gasteiger partial charge on any atom is 0.180 e. The van der Waals surface area contributed by atoms with Crippen LogP contribution in [0.5, 0.6) is 0 Å². The van der Waals surface area contributed by atoms with Gasteiger partial charge < -0.3 is 5.11 Å². The van der Waals surface area contributed by atoms with E-state index in [0.717, 1.165) is 10.9 Å². The lowest BCUT2D eigenvalue weighted by molar-refractivity contribution is 0.205. The van der Waals surface area contributed by atoms with Gasteiger partial charge in [-0.1, -0.05) is 30.0 Å². The molecule has 2 N–H and O–H groups in total. The molecule has 1 saturated heterocycles. The van der Waals surface area contributed by atoms with Crippen molar-refractivity contribution in [3.63, 3.8) is 0 Å². The number of para-hydroxylation sites is 1. The molecule has 0 bridgehead atoms. The summed E-state index contributed by atoms with van der Waals surface area (Å²) in [4.78, 5) is 4.51. The van der Waals surface area contributed by atoms with Crippen LogP contribution in [0.3, 0.4) is 0 Å². The van der Waals surface area contributed by atoms with Crippen LogP contribution >= 0.6 is 11.8 Å². The molecule has 0 spiro atoms. The number of hydrazine groups is 1. The van der Waals surface area contributed by atoms with E-state index >= 15 is 0 Å². The molecule has 0 aliphatic carbocycles. The monoisotopic (exact) mass is 251 g/mol. The van der Waals surface area contributed by atoms with E-state index in [9.17, 15) is 0 Å². The zero-order valence-corrected chi connectivity index (χ0v) is 10.9. The topological polar surface area (TPSA) is 47.9 Å². The molecule has 4 nitrogen and oxygen atoms in total. The van der Waals surface area contributed by atoms with E-state index < -0.39 is 0 Å². The standard InChI is InChI=1S/C12H17N3OS/c1-12(2)14-15(8-9-16)11(17-12)13-10-6-4-3-5-7-10/h3-7,14,16H,8-9H2,1-2H3. The highest BCUT2D eigenvalue weighted by Gasteiger charge is 2.34. The average Bonchev–Trinajstić information content (AvgIpc) is 2.55. The minimum absolute atomic E-state index is 0.0806. The predicted octanol–water partition coefficient (Wildman–Crippen LogP) is 1.96. The van der Waals surface area contributed by atoms with Crippen molar-refractivity contribution in [2.24, 2.45) is 4.99 Å². The Balaban J connectivity index is 2.21. The Morgan fingerprint density at radius 1 is 1.35 bits per heavy atom. The molecule has 5 heteroatoms. The van der Waals surface area contributed by atoms with Crippen LogP contribution in [0.15, 0.2) is 35.3 Å². The molecule has 0 unspecified atom stereocenters. The fourth-order valence-electron chi connectivity index (χ4n) is 1.63. The van der Waals surface area contributed by atoms with E-state index in [0.29, 0.717) is 6.54 Å². The summed E-state index contributed by atoms with van der Waals surface area (Å²) in [5.74, 6) is 0. The van der Waals surface area contributed by atoms with Crippen LogP contribution in [0, 0.1) is 0 Å². The SMILES string of the molecule is CC1(C)NN(CCO)C(=Nc2ccccc2)S1. The summed E-state index contributed by atoms with van der Waals surface area (Å²) in [5.41, 5.74) is 4.24. The van der Waals surface area contributed by atoms with Gasteiger partial charge in [0.25, 0.3) is 0 Å². The number of amidine groups is 1. The summed E-state index contributed by atoms with van der Waals surface area (Å²) in [6.45, 7) is 4.84. The highest BCUT2D eigenvalue weighted by molar-refractivity contribution is 8.15. The van der Waals surface area contributed by atoms with Gasteiger partial charge in [-0.05, 0) is 26.0 Å².